The summed E-state index contributed by atoms with van der Waals surface area (Å²) in [7, 11) is -3.61. The second-order valence-electron chi connectivity index (χ2n) is 10.8. The maximum atomic E-state index is 14.2. The smallest absolute Gasteiger partial charge is 0.309 e. The topological polar surface area (TPSA) is 156 Å². The van der Waals surface area contributed by atoms with Gasteiger partial charge in [-0.3, -0.25) is 9.36 Å². The summed E-state index contributed by atoms with van der Waals surface area (Å²) in [4.78, 5) is 16.7. The molecule has 220 valence electrons. The second-order valence-corrected chi connectivity index (χ2v) is 13.9. The van der Waals surface area contributed by atoms with E-state index in [1.165, 1.54) is 17.8 Å². The maximum Gasteiger partial charge on any atom is 0.309 e. The van der Waals surface area contributed by atoms with Crippen LogP contribution in [0.5, 0.6) is 5.75 Å². The first-order valence-electron chi connectivity index (χ1n) is 13.3. The Morgan fingerprint density at radius 3 is 2.59 bits per heavy atom. The molecule has 1 aliphatic rings. The molecule has 3 heterocycles. The van der Waals surface area contributed by atoms with Crippen LogP contribution in [0.2, 0.25) is 5.02 Å². The van der Waals surface area contributed by atoms with Crippen molar-refractivity contribution in [1.29, 1.82) is 5.26 Å². The van der Waals surface area contributed by atoms with Crippen molar-refractivity contribution in [3.05, 3.63) is 59.1 Å². The fourth-order valence-corrected chi connectivity index (χ4v) is 7.68. The summed E-state index contributed by atoms with van der Waals surface area (Å²) in [6, 6.07) is 11.7. The number of halogens is 1. The molecule has 41 heavy (non-hydrogen) atoms. The molecule has 0 aliphatic carbocycles. The van der Waals surface area contributed by atoms with Gasteiger partial charge in [-0.25, -0.2) is 9.50 Å². The van der Waals surface area contributed by atoms with Crippen LogP contribution in [0.1, 0.15) is 45.5 Å². The van der Waals surface area contributed by atoms with E-state index in [1.807, 2.05) is 0 Å². The Morgan fingerprint density at radius 2 is 1.95 bits per heavy atom. The van der Waals surface area contributed by atoms with Gasteiger partial charge in [-0.2, -0.15) is 10.4 Å². The largest absolute Gasteiger partial charge is 0.463 e. The first kappa shape index (κ1) is 30.9. The lowest BCUT2D eigenvalue weighted by molar-refractivity contribution is -0.151. The van der Waals surface area contributed by atoms with Gasteiger partial charge in [0.25, 0.3) is 0 Å². The van der Waals surface area contributed by atoms with E-state index in [9.17, 15) is 24.8 Å². The third kappa shape index (κ3) is 5.99. The number of nitrogens with zero attached hydrogens (tertiary/aromatic N) is 4. The molecule has 1 fully saturated rings. The van der Waals surface area contributed by atoms with Crippen molar-refractivity contribution < 1.29 is 33.6 Å². The predicted molar refractivity (Wildman–Crippen MR) is 151 cm³/mol. The monoisotopic (exact) mass is 604 g/mol. The standard InChI is InChI=1S/C28H34ClN4O7P/c1-17(2)38-26(35)18(3)14-41(37,40-21-8-6-20(29)7-9-21)13-12-23-25(34)27(5,36)28(15-30,39-23)24-11-10-22-19(4)31-16-32-33(22)24/h6-11,16-18,23,25,34,36H,12-14H2,1-5H3/t18-,23-,25-,27-,28+,41?/m1/s1. The maximum absolute atomic E-state index is 14.2. The number of aromatic nitrogens is 3. The molecular formula is C28H34ClN4O7P. The van der Waals surface area contributed by atoms with Crippen LogP contribution in [0.4, 0.5) is 0 Å². The van der Waals surface area contributed by atoms with Crippen molar-refractivity contribution in [3.63, 3.8) is 0 Å². The lowest BCUT2D eigenvalue weighted by Gasteiger charge is -2.33. The van der Waals surface area contributed by atoms with Crippen LogP contribution in [0.3, 0.4) is 0 Å². The van der Waals surface area contributed by atoms with Crippen molar-refractivity contribution in [2.75, 3.05) is 12.3 Å². The number of fused-ring (bicyclic) bond motifs is 1. The zero-order chi connectivity index (χ0) is 30.2. The Bertz CT molecular complexity index is 1500. The number of carbonyl (C=O) groups excluding carboxylic acids is 1. The minimum atomic E-state index is -3.61. The van der Waals surface area contributed by atoms with E-state index in [0.29, 0.717) is 22.0 Å². The number of rotatable bonds is 10. The number of aliphatic hydroxyl groups is 2. The average molecular weight is 605 g/mol. The first-order valence-corrected chi connectivity index (χ1v) is 15.6. The van der Waals surface area contributed by atoms with Crippen molar-refractivity contribution in [2.45, 2.75) is 70.6 Å². The fraction of sp³-hybridized carbons (Fsp3) is 0.500. The molecule has 1 unspecified atom stereocenters. The average Bonchev–Trinajstić information content (AvgIpc) is 3.42. The van der Waals surface area contributed by atoms with E-state index in [-0.39, 0.29) is 30.5 Å². The molecule has 13 heteroatoms. The quantitative estimate of drug-likeness (QED) is 0.253. The van der Waals surface area contributed by atoms with Gasteiger partial charge in [-0.15, -0.1) is 0 Å². The third-order valence-electron chi connectivity index (χ3n) is 7.28. The Kier molecular flexibility index (Phi) is 8.84. The Hall–Kier alpha value is -3.00. The van der Waals surface area contributed by atoms with Gasteiger partial charge in [0.05, 0.1) is 35.0 Å². The molecule has 0 bridgehead atoms. The fourth-order valence-electron chi connectivity index (χ4n) is 5.06. The van der Waals surface area contributed by atoms with Gasteiger partial charge >= 0.3 is 5.97 Å². The van der Waals surface area contributed by atoms with Crippen LogP contribution in [0.25, 0.3) is 5.52 Å². The van der Waals surface area contributed by atoms with Gasteiger partial charge in [0.2, 0.25) is 13.0 Å². The van der Waals surface area contributed by atoms with Crippen LogP contribution in [0, 0.1) is 24.2 Å². The van der Waals surface area contributed by atoms with Gasteiger partial charge in [0.15, 0.2) is 0 Å². The minimum absolute atomic E-state index is 0.0467. The van der Waals surface area contributed by atoms with E-state index in [4.69, 9.17) is 25.6 Å². The van der Waals surface area contributed by atoms with Crippen molar-refractivity contribution in [2.24, 2.45) is 5.92 Å². The zero-order valence-corrected chi connectivity index (χ0v) is 25.2. The normalized spacial score (nSPS) is 26.4. The lowest BCUT2D eigenvalue weighted by atomic mass is 9.80. The van der Waals surface area contributed by atoms with Crippen LogP contribution in [0.15, 0.2) is 42.7 Å². The number of aliphatic hydroxyl groups excluding tert-OH is 1. The number of esters is 1. The summed E-state index contributed by atoms with van der Waals surface area (Å²) in [6.07, 6.45) is -1.95. The zero-order valence-electron chi connectivity index (χ0n) is 23.5. The van der Waals surface area contributed by atoms with Crippen molar-refractivity contribution >= 4 is 30.5 Å². The molecule has 1 saturated heterocycles. The summed E-state index contributed by atoms with van der Waals surface area (Å²) >= 11 is 5.99. The van der Waals surface area contributed by atoms with Gasteiger partial charge in [-0.05, 0) is 70.5 Å². The molecule has 1 aromatic carbocycles. The molecule has 0 saturated carbocycles. The number of hydrogen-bond donors (Lipinski definition) is 2. The van der Waals surface area contributed by atoms with Gasteiger partial charge < -0.3 is 24.2 Å². The Labute approximate surface area is 243 Å². The summed E-state index contributed by atoms with van der Waals surface area (Å²) in [5.41, 5.74) is -2.58. The molecule has 2 N–H and O–H groups in total. The Balaban J connectivity index is 1.62. The summed E-state index contributed by atoms with van der Waals surface area (Å²) in [5.74, 6) is -0.967. The SMILES string of the molecule is Cc1ncnn2c([C@]3(C#N)O[C@H](CCP(=O)(C[C@@H](C)C(=O)OC(C)C)Oc4ccc(Cl)cc4)[C@@H](O)[C@@]3(C)O)ccc12. The highest BCUT2D eigenvalue weighted by Crippen LogP contribution is 2.53. The number of ether oxygens (including phenoxy) is 2. The molecule has 3 aromatic rings. The van der Waals surface area contributed by atoms with Crippen LogP contribution >= 0.6 is 19.0 Å². The molecule has 0 spiro atoms. The number of nitriles is 1. The molecule has 6 atom stereocenters. The molecular weight excluding hydrogens is 571 g/mol. The molecule has 0 radical (unpaired) electrons. The number of carbonyl (C=O) groups is 1. The highest BCUT2D eigenvalue weighted by Gasteiger charge is 2.65. The Morgan fingerprint density at radius 1 is 1.27 bits per heavy atom. The van der Waals surface area contributed by atoms with E-state index in [1.54, 1.807) is 64.1 Å². The van der Waals surface area contributed by atoms with Crippen LogP contribution < -0.4 is 4.52 Å². The van der Waals surface area contributed by atoms with Crippen LogP contribution in [-0.2, 0) is 24.4 Å². The highest BCUT2D eigenvalue weighted by molar-refractivity contribution is 7.59. The summed E-state index contributed by atoms with van der Waals surface area (Å²) in [5, 5.41) is 37.8. The number of hydrogen-bond acceptors (Lipinski definition) is 10. The molecule has 11 nitrogen and oxygen atoms in total. The molecule has 1 aliphatic heterocycles. The van der Waals surface area contributed by atoms with E-state index in [0.717, 1.165) is 0 Å². The number of aryl methyl sites for hydroxylation is 1. The first-order chi connectivity index (χ1) is 19.2. The number of benzene rings is 1. The highest BCUT2D eigenvalue weighted by atomic mass is 35.5. The van der Waals surface area contributed by atoms with Gasteiger partial charge in [0.1, 0.15) is 29.9 Å². The summed E-state index contributed by atoms with van der Waals surface area (Å²) in [6.45, 7) is 8.16. The predicted octanol–water partition coefficient (Wildman–Crippen LogP) is 4.26. The van der Waals surface area contributed by atoms with Crippen LogP contribution in [-0.4, -0.2) is 67.0 Å². The van der Waals surface area contributed by atoms with Gasteiger partial charge in [-0.1, -0.05) is 18.5 Å². The van der Waals surface area contributed by atoms with E-state index in [2.05, 4.69) is 16.2 Å². The molecule has 0 amide bonds. The van der Waals surface area contributed by atoms with Gasteiger partial charge in [0, 0.05) is 17.3 Å². The second kappa shape index (κ2) is 11.7. The minimum Gasteiger partial charge on any atom is -0.463 e. The van der Waals surface area contributed by atoms with E-state index < -0.39 is 42.7 Å². The molecule has 4 rings (SSSR count). The third-order valence-corrected chi connectivity index (χ3v) is 10.1. The van der Waals surface area contributed by atoms with E-state index >= 15 is 0 Å². The van der Waals surface area contributed by atoms with Crippen molar-refractivity contribution in [1.82, 2.24) is 14.6 Å². The van der Waals surface area contributed by atoms with Crippen molar-refractivity contribution in [3.8, 4) is 11.8 Å². The lowest BCUT2D eigenvalue weighted by Crippen LogP contribution is -2.52. The molecule has 2 aromatic heterocycles. The summed E-state index contributed by atoms with van der Waals surface area (Å²) < 4.78 is 33.1.